The Labute approximate surface area is 251 Å². The average molecular weight is 633 g/mol. The molecule has 2 aromatic heterocycles. The lowest BCUT2D eigenvalue weighted by Crippen LogP contribution is -2.16. The summed E-state index contributed by atoms with van der Waals surface area (Å²) in [6.45, 7) is 4.70. The summed E-state index contributed by atoms with van der Waals surface area (Å²) in [6, 6.07) is 28.3. The van der Waals surface area contributed by atoms with Crippen LogP contribution in [0.4, 0.5) is 0 Å². The van der Waals surface area contributed by atoms with Gasteiger partial charge in [0.15, 0.2) is 5.76 Å². The number of nitrogens with one attached hydrogen (secondary N) is 1. The van der Waals surface area contributed by atoms with Gasteiger partial charge >= 0.3 is 5.91 Å². The second-order valence-corrected chi connectivity index (χ2v) is 10.6. The molecule has 1 N–H and O–H groups in total. The number of hydrazone groups is 1. The summed E-state index contributed by atoms with van der Waals surface area (Å²) in [5.41, 5.74) is 7.51. The van der Waals surface area contributed by atoms with Crippen molar-refractivity contribution in [3.8, 4) is 17.2 Å². The van der Waals surface area contributed by atoms with Crippen molar-refractivity contribution in [3.05, 3.63) is 135 Å². The largest absolute Gasteiger partial charge is 0.488 e. The maximum absolute atomic E-state index is 12.6. The minimum absolute atomic E-state index is 0.118. The Balaban J connectivity index is 1.15. The maximum Gasteiger partial charge on any atom is 0.307 e. The zero-order valence-electron chi connectivity index (χ0n) is 22.4. The lowest BCUT2D eigenvalue weighted by atomic mass is 10.2. The average Bonchev–Trinajstić information content (AvgIpc) is 3.58. The van der Waals surface area contributed by atoms with Crippen LogP contribution in [-0.2, 0) is 13.2 Å². The Kier molecular flexibility index (Phi) is 8.91. The molecule has 2 heterocycles. The highest BCUT2D eigenvalue weighted by Gasteiger charge is 2.12. The molecule has 5 aromatic rings. The molecule has 0 fully saturated rings. The summed E-state index contributed by atoms with van der Waals surface area (Å²) in [4.78, 5) is 12.6. The topological polar surface area (TPSA) is 78.0 Å². The highest BCUT2D eigenvalue weighted by molar-refractivity contribution is 9.10. The molecule has 5 rings (SSSR count). The van der Waals surface area contributed by atoms with Crippen LogP contribution in [0.2, 0.25) is 5.02 Å². The number of rotatable bonds is 10. The molecule has 1 amide bonds. The first kappa shape index (κ1) is 28.3. The molecule has 0 aliphatic carbocycles. The Morgan fingerprint density at radius 3 is 2.39 bits per heavy atom. The number of hydrogen-bond donors (Lipinski definition) is 1. The van der Waals surface area contributed by atoms with Gasteiger partial charge in [0.1, 0.15) is 30.5 Å². The number of benzene rings is 3. The molecule has 0 atom stereocenters. The van der Waals surface area contributed by atoms with Crippen LogP contribution in [0.25, 0.3) is 5.69 Å². The number of carbonyl (C=O) groups is 1. The highest BCUT2D eigenvalue weighted by Crippen LogP contribution is 2.24. The Morgan fingerprint density at radius 2 is 1.66 bits per heavy atom. The fourth-order valence-corrected chi connectivity index (χ4v) is 4.65. The number of carbonyl (C=O) groups excluding carboxylic acids is 1. The maximum atomic E-state index is 12.6. The van der Waals surface area contributed by atoms with Gasteiger partial charge in [-0.25, -0.2) is 5.43 Å². The third-order valence-corrected chi connectivity index (χ3v) is 7.05. The van der Waals surface area contributed by atoms with Gasteiger partial charge in [0.05, 0.1) is 6.21 Å². The normalized spacial score (nSPS) is 11.1. The molecular formula is C32H27BrClN3O4. The lowest BCUT2D eigenvalue weighted by Gasteiger charge is -2.10. The summed E-state index contributed by atoms with van der Waals surface area (Å²) >= 11 is 9.60. The number of aryl methyl sites for hydroxylation is 2. The standard InChI is InChI=1S/C32H27BrClN3O4/c1-21-3-4-22(2)37(21)27-10-12-28(13-11-27)39-20-29-14-16-31(41-29)32(38)36-35-18-24-17-26(34)9-15-30(24)40-19-23-5-7-25(33)8-6-23/h3-18H,19-20H2,1-2H3,(H,36,38)/b35-18+. The Bertz CT molecular complexity index is 1650. The van der Waals surface area contributed by atoms with E-state index in [1.54, 1.807) is 30.3 Å². The van der Waals surface area contributed by atoms with Crippen LogP contribution in [0.15, 0.2) is 105 Å². The fourth-order valence-electron chi connectivity index (χ4n) is 4.21. The van der Waals surface area contributed by atoms with Crippen LogP contribution >= 0.6 is 27.5 Å². The molecule has 0 aliphatic heterocycles. The fraction of sp³-hybridized carbons (Fsp3) is 0.125. The molecule has 0 unspecified atom stereocenters. The number of furan rings is 1. The molecule has 3 aromatic carbocycles. The first-order chi connectivity index (χ1) is 19.9. The van der Waals surface area contributed by atoms with Gasteiger partial charge in [-0.2, -0.15) is 5.10 Å². The zero-order chi connectivity index (χ0) is 28.8. The molecular weight excluding hydrogens is 606 g/mol. The predicted octanol–water partition coefficient (Wildman–Crippen LogP) is 8.02. The Hall–Kier alpha value is -4.27. The summed E-state index contributed by atoms with van der Waals surface area (Å²) in [7, 11) is 0. The molecule has 0 spiro atoms. The zero-order valence-corrected chi connectivity index (χ0v) is 24.8. The van der Waals surface area contributed by atoms with Crippen molar-refractivity contribution >= 4 is 39.7 Å². The van der Waals surface area contributed by atoms with Gasteiger partial charge in [-0.1, -0.05) is 39.7 Å². The SMILES string of the molecule is Cc1ccc(C)n1-c1ccc(OCc2ccc(C(=O)N/N=C/c3cc(Cl)ccc3OCc3ccc(Br)cc3)o2)cc1. The lowest BCUT2D eigenvalue weighted by molar-refractivity contribution is 0.0923. The van der Waals surface area contributed by atoms with Crippen LogP contribution < -0.4 is 14.9 Å². The molecule has 0 saturated heterocycles. The van der Waals surface area contributed by atoms with E-state index in [2.05, 4.69) is 57.0 Å². The predicted molar refractivity (Wildman–Crippen MR) is 163 cm³/mol. The minimum Gasteiger partial charge on any atom is -0.488 e. The van der Waals surface area contributed by atoms with Crippen molar-refractivity contribution in [2.45, 2.75) is 27.1 Å². The smallest absolute Gasteiger partial charge is 0.307 e. The first-order valence-electron chi connectivity index (χ1n) is 12.8. The monoisotopic (exact) mass is 631 g/mol. The van der Waals surface area contributed by atoms with Gasteiger partial charge in [-0.3, -0.25) is 4.79 Å². The second kappa shape index (κ2) is 12.9. The summed E-state index contributed by atoms with van der Waals surface area (Å²) in [5, 5.41) is 4.59. The highest BCUT2D eigenvalue weighted by atomic mass is 79.9. The number of halogens is 2. The van der Waals surface area contributed by atoms with Crippen molar-refractivity contribution in [2.75, 3.05) is 0 Å². The number of ether oxygens (including phenoxy) is 2. The molecule has 0 radical (unpaired) electrons. The number of amides is 1. The van der Waals surface area contributed by atoms with E-state index in [-0.39, 0.29) is 12.4 Å². The summed E-state index contributed by atoms with van der Waals surface area (Å²) in [5.74, 6) is 1.42. The second-order valence-electron chi connectivity index (χ2n) is 9.30. The van der Waals surface area contributed by atoms with Crippen LogP contribution in [0.5, 0.6) is 11.5 Å². The number of hydrogen-bond acceptors (Lipinski definition) is 5. The molecule has 9 heteroatoms. The van der Waals surface area contributed by atoms with Crippen LogP contribution in [-0.4, -0.2) is 16.7 Å². The third-order valence-electron chi connectivity index (χ3n) is 6.28. The quantitative estimate of drug-likeness (QED) is 0.125. The Morgan fingerprint density at radius 1 is 0.927 bits per heavy atom. The number of nitrogens with zero attached hydrogens (tertiary/aromatic N) is 2. The van der Waals surface area contributed by atoms with Crippen molar-refractivity contribution in [2.24, 2.45) is 5.10 Å². The molecule has 0 saturated carbocycles. The van der Waals surface area contributed by atoms with E-state index in [0.717, 1.165) is 15.7 Å². The van der Waals surface area contributed by atoms with E-state index in [4.69, 9.17) is 25.5 Å². The van der Waals surface area contributed by atoms with E-state index in [0.29, 0.717) is 34.5 Å². The molecule has 0 aliphatic rings. The van der Waals surface area contributed by atoms with Crippen molar-refractivity contribution in [1.82, 2.24) is 9.99 Å². The summed E-state index contributed by atoms with van der Waals surface area (Å²) < 4.78 is 20.6. The summed E-state index contributed by atoms with van der Waals surface area (Å²) in [6.07, 6.45) is 1.48. The van der Waals surface area contributed by atoms with Gasteiger partial charge < -0.3 is 18.5 Å². The third kappa shape index (κ3) is 7.28. The van der Waals surface area contributed by atoms with E-state index >= 15 is 0 Å². The molecule has 208 valence electrons. The van der Waals surface area contributed by atoms with Gasteiger partial charge in [0, 0.05) is 32.1 Å². The van der Waals surface area contributed by atoms with Crippen molar-refractivity contribution < 1.29 is 18.7 Å². The van der Waals surface area contributed by atoms with E-state index in [1.807, 2.05) is 48.5 Å². The molecule has 41 heavy (non-hydrogen) atoms. The minimum atomic E-state index is -0.492. The van der Waals surface area contributed by atoms with Crippen LogP contribution in [0, 0.1) is 13.8 Å². The number of aromatic nitrogens is 1. The van der Waals surface area contributed by atoms with Gasteiger partial charge in [0.25, 0.3) is 0 Å². The van der Waals surface area contributed by atoms with Crippen LogP contribution in [0.1, 0.15) is 38.8 Å². The molecule has 0 bridgehead atoms. The van der Waals surface area contributed by atoms with E-state index < -0.39 is 5.91 Å². The van der Waals surface area contributed by atoms with Crippen molar-refractivity contribution in [1.29, 1.82) is 0 Å². The molecule has 7 nitrogen and oxygen atoms in total. The van der Waals surface area contributed by atoms with E-state index in [9.17, 15) is 4.79 Å². The van der Waals surface area contributed by atoms with Crippen LogP contribution in [0.3, 0.4) is 0 Å². The van der Waals surface area contributed by atoms with E-state index in [1.165, 1.54) is 17.6 Å². The first-order valence-corrected chi connectivity index (χ1v) is 14.0. The van der Waals surface area contributed by atoms with Gasteiger partial charge in [-0.15, -0.1) is 0 Å². The van der Waals surface area contributed by atoms with Gasteiger partial charge in [-0.05, 0) is 98.3 Å². The van der Waals surface area contributed by atoms with Gasteiger partial charge in [0.2, 0.25) is 0 Å². The van der Waals surface area contributed by atoms with Crippen molar-refractivity contribution in [3.63, 3.8) is 0 Å².